The summed E-state index contributed by atoms with van der Waals surface area (Å²) in [6, 6.07) is 10.6. The van der Waals surface area contributed by atoms with E-state index in [-0.39, 0.29) is 76.8 Å². The molecule has 2 rings (SSSR count). The zero-order valence-corrected chi connectivity index (χ0v) is 20.4. The van der Waals surface area contributed by atoms with Gasteiger partial charge in [0.1, 0.15) is 0 Å². The quantitative estimate of drug-likeness (QED) is 0.140. The molecule has 2 heterocycles. The molecule has 181 valence electrons. The molecule has 0 aromatic carbocycles. The van der Waals surface area contributed by atoms with Crippen LogP contribution < -0.4 is 10.2 Å². The average Bonchev–Trinajstić information content (AvgIpc) is 2.62. The fraction of sp³-hybridized carbons (Fsp3) is 0.167. The predicted octanol–water partition coefficient (Wildman–Crippen LogP) is -2.68. The molecule has 2 aromatic heterocycles. The van der Waals surface area contributed by atoms with Crippen LogP contribution in [0.4, 0.5) is 0 Å². The summed E-state index contributed by atoms with van der Waals surface area (Å²) in [7, 11) is 0. The van der Waals surface area contributed by atoms with E-state index >= 15 is 0 Å². The van der Waals surface area contributed by atoms with Gasteiger partial charge in [0.05, 0.1) is 15.3 Å². The Labute approximate surface area is 217 Å². The van der Waals surface area contributed by atoms with Crippen LogP contribution in [0.1, 0.15) is 11.4 Å². The van der Waals surface area contributed by atoms with E-state index in [1.165, 1.54) is 0 Å². The van der Waals surface area contributed by atoms with Crippen LogP contribution in [-0.4, -0.2) is 25.2 Å². The Morgan fingerprint density at radius 2 is 0.844 bits per heavy atom. The summed E-state index contributed by atoms with van der Waals surface area (Å²) >= 11 is 0. The first kappa shape index (κ1) is 47.3. The van der Waals surface area contributed by atoms with Crippen molar-refractivity contribution in [2.24, 2.45) is 0 Å². The second-order valence-corrected chi connectivity index (χ2v) is 3.60. The van der Waals surface area contributed by atoms with Gasteiger partial charge in [-0.1, -0.05) is 25.3 Å². The summed E-state index contributed by atoms with van der Waals surface area (Å²) < 4.78 is 0. The number of rotatable bonds is 2. The van der Waals surface area contributed by atoms with Crippen molar-refractivity contribution in [2.45, 2.75) is 13.2 Å². The van der Waals surface area contributed by atoms with Crippen LogP contribution in [0, 0.1) is 81.6 Å². The molecule has 0 bridgehead atoms. The van der Waals surface area contributed by atoms with Crippen LogP contribution in [0.25, 0.3) is 0 Å². The van der Waals surface area contributed by atoms with Gasteiger partial charge in [-0.3, -0.25) is 9.97 Å². The third-order valence-electron chi connectivity index (χ3n) is 1.75. The molecule has 0 aliphatic heterocycles. The molecule has 32 heavy (non-hydrogen) atoms. The van der Waals surface area contributed by atoms with Crippen LogP contribution in [0.15, 0.2) is 48.8 Å². The number of hydrogen-bond donors (Lipinski definition) is 0. The number of hydrogen-bond acceptors (Lipinski definition) is 13. The summed E-state index contributed by atoms with van der Waals surface area (Å²) in [5, 5.41) is 64.4. The van der Waals surface area contributed by atoms with Gasteiger partial charge in [-0.15, -0.1) is 0 Å². The summed E-state index contributed by atoms with van der Waals surface area (Å²) in [5.41, 5.74) is 1.21. The molecule has 6 N–H and O–H groups in total. The molecule has 0 atom stereocenters. The van der Waals surface area contributed by atoms with E-state index in [0.717, 1.165) is 0 Å². The second kappa shape index (κ2) is 35.9. The van der Waals surface area contributed by atoms with Gasteiger partial charge < -0.3 is 67.1 Å². The summed E-state index contributed by atoms with van der Waals surface area (Å²) in [4.78, 5) is 32.3. The summed E-state index contributed by atoms with van der Waals surface area (Å²) in [6.45, 7) is -0.443. The summed E-state index contributed by atoms with van der Waals surface area (Å²) in [5.74, 6) is 0. The third kappa shape index (κ3) is 63.1. The fourth-order valence-electron chi connectivity index (χ4n) is 0.967. The standard InChI is InChI=1S/2C6H6NO.Cu.La.3NO3.2H2O/c2*8-5-6-3-1-2-4-7-6;;;3*2-1(3)4;;/h2*1-4H,5H2;;;;;;2*1H2/q2*-1;+2;+3;3*-1;;/p+2. The van der Waals surface area contributed by atoms with Crippen LogP contribution in [0.5, 0.6) is 0 Å². The Morgan fingerprint density at radius 1 is 0.625 bits per heavy atom. The van der Waals surface area contributed by atoms with Gasteiger partial charge in [0, 0.05) is 23.8 Å². The molecular weight excluding hydrogens is 625 g/mol. The average molecular weight is 643 g/mol. The zero-order valence-electron chi connectivity index (χ0n) is 15.8. The van der Waals surface area contributed by atoms with Crippen molar-refractivity contribution in [1.29, 1.82) is 0 Å². The monoisotopic (exact) mass is 642 g/mol. The molecule has 2 aromatic rings. The van der Waals surface area contributed by atoms with Crippen molar-refractivity contribution in [2.75, 3.05) is 0 Å². The van der Waals surface area contributed by atoms with Crippen molar-refractivity contribution in [1.82, 2.24) is 9.97 Å². The molecule has 18 nitrogen and oxygen atoms in total. The Kier molecular flexibility index (Phi) is 53.0. The van der Waals surface area contributed by atoms with Gasteiger partial charge in [-0.05, 0) is 24.3 Å². The van der Waals surface area contributed by atoms with E-state index in [4.69, 9.17) is 46.0 Å². The largest absolute Gasteiger partial charge is 3.00 e. The maximum Gasteiger partial charge on any atom is 3.00 e. The van der Waals surface area contributed by atoms with E-state index in [0.29, 0.717) is 11.4 Å². The Hall–Kier alpha value is -2.55. The van der Waals surface area contributed by atoms with Gasteiger partial charge in [0.2, 0.25) is 0 Å². The SMILES string of the molecule is O=[N+]([O-])[O-].O=[N+]([O-])[O-].O=[N+]([O-])[O-].[Cu+2].[La+3].[O-]Cc1ccccn1.[O-]Cc1ccccn1.[OH3+].[OH3+]. The molecule has 0 unspecified atom stereocenters. The second-order valence-electron chi connectivity index (χ2n) is 3.60. The van der Waals surface area contributed by atoms with Crippen LogP contribution in [0.2, 0.25) is 0 Å². The van der Waals surface area contributed by atoms with Crippen LogP contribution >= 0.6 is 0 Å². The molecule has 1 radical (unpaired) electrons. The molecular formula is C12H18CuLaN5O13+2. The minimum atomic E-state index is -1.75. The minimum absolute atomic E-state index is 0. The van der Waals surface area contributed by atoms with E-state index in [2.05, 4.69) is 9.97 Å². The normalized spacial score (nSPS) is 6.81. The van der Waals surface area contributed by atoms with Crippen LogP contribution in [0.3, 0.4) is 0 Å². The number of nitrogens with zero attached hydrogens (tertiary/aromatic N) is 5. The first-order valence-electron chi connectivity index (χ1n) is 6.47. The molecule has 0 fully saturated rings. The molecule has 0 saturated heterocycles. The Balaban J connectivity index is -0.0000000494. The minimum Gasteiger partial charge on any atom is -0.850 e. The third-order valence-corrected chi connectivity index (χ3v) is 1.75. The first-order valence-corrected chi connectivity index (χ1v) is 6.47. The molecule has 0 saturated carbocycles. The van der Waals surface area contributed by atoms with E-state index in [9.17, 15) is 10.2 Å². The van der Waals surface area contributed by atoms with Gasteiger partial charge in [-0.25, -0.2) is 0 Å². The van der Waals surface area contributed by atoms with Gasteiger partial charge in [-0.2, -0.15) is 0 Å². The van der Waals surface area contributed by atoms with Gasteiger partial charge >= 0.3 is 52.7 Å². The van der Waals surface area contributed by atoms with Gasteiger partial charge in [0.15, 0.2) is 0 Å². The predicted molar refractivity (Wildman–Crippen MR) is 96.7 cm³/mol. The molecule has 20 heteroatoms. The zero-order chi connectivity index (χ0) is 22.4. The van der Waals surface area contributed by atoms with E-state index in [1.54, 1.807) is 48.8 Å². The number of pyridine rings is 2. The summed E-state index contributed by atoms with van der Waals surface area (Å²) in [6.07, 6.45) is 3.24. The maximum atomic E-state index is 10.1. The smallest absolute Gasteiger partial charge is 0.850 e. The number of aromatic nitrogens is 2. The van der Waals surface area contributed by atoms with Crippen molar-refractivity contribution in [3.63, 3.8) is 0 Å². The van der Waals surface area contributed by atoms with Crippen molar-refractivity contribution in [3.8, 4) is 0 Å². The Morgan fingerprint density at radius 3 is 0.938 bits per heavy atom. The molecule has 0 aliphatic carbocycles. The van der Waals surface area contributed by atoms with Gasteiger partial charge in [0.25, 0.3) is 0 Å². The molecule has 0 amide bonds. The molecule has 0 aliphatic rings. The van der Waals surface area contributed by atoms with E-state index < -0.39 is 15.3 Å². The first-order chi connectivity index (χ1) is 13.1. The molecule has 0 spiro atoms. The van der Waals surface area contributed by atoms with Crippen molar-refractivity contribution >= 4 is 0 Å². The van der Waals surface area contributed by atoms with Crippen molar-refractivity contribution < 1.29 is 89.1 Å². The fourth-order valence-corrected chi connectivity index (χ4v) is 0.967. The Bertz CT molecular complexity index is 580. The van der Waals surface area contributed by atoms with Crippen molar-refractivity contribution in [3.05, 3.63) is 106 Å². The topological polar surface area (TPSA) is 336 Å². The maximum absolute atomic E-state index is 10.1. The van der Waals surface area contributed by atoms with Crippen LogP contribution in [-0.2, 0) is 41.2 Å². The van der Waals surface area contributed by atoms with E-state index in [1.807, 2.05) is 0 Å².